The summed E-state index contributed by atoms with van der Waals surface area (Å²) in [5.74, 6) is -0.518. The Kier molecular flexibility index (Phi) is 3.92. The molecule has 4 heteroatoms. The van der Waals surface area contributed by atoms with E-state index in [2.05, 4.69) is 15.9 Å². The second kappa shape index (κ2) is 5.23. The summed E-state index contributed by atoms with van der Waals surface area (Å²) in [7, 11) is 0. The van der Waals surface area contributed by atoms with Gasteiger partial charge in [-0.15, -0.1) is 0 Å². The van der Waals surface area contributed by atoms with Gasteiger partial charge in [0.15, 0.2) is 0 Å². The number of rotatable bonds is 2. The lowest BCUT2D eigenvalue weighted by atomic mass is 9.94. The molecule has 0 aliphatic carbocycles. The van der Waals surface area contributed by atoms with E-state index in [0.29, 0.717) is 23.4 Å². The third kappa shape index (κ3) is 2.80. The molecule has 0 bridgehead atoms. The first kappa shape index (κ1) is 12.0. The molecule has 0 aromatic heterocycles. The predicted molar refractivity (Wildman–Crippen MR) is 61.7 cm³/mol. The highest BCUT2D eigenvalue weighted by atomic mass is 79.9. The van der Waals surface area contributed by atoms with E-state index in [0.717, 1.165) is 19.1 Å². The lowest BCUT2D eigenvalue weighted by molar-refractivity contribution is 0.0602. The maximum absolute atomic E-state index is 13.4. The van der Waals surface area contributed by atoms with Crippen molar-refractivity contribution >= 4 is 15.9 Å². The first-order chi connectivity index (χ1) is 7.66. The monoisotopic (exact) mass is 290 g/mol. The average Bonchev–Trinajstić information content (AvgIpc) is 2.27. The fourth-order valence-corrected chi connectivity index (χ4v) is 2.47. The molecule has 0 N–H and O–H groups in total. The molecule has 2 atom stereocenters. The van der Waals surface area contributed by atoms with Crippen LogP contribution in [0.4, 0.5) is 8.78 Å². The Bertz CT molecular complexity index is 370. The Labute approximate surface area is 102 Å². The van der Waals surface area contributed by atoms with Gasteiger partial charge in [-0.1, -0.05) is 15.9 Å². The van der Waals surface area contributed by atoms with Crippen molar-refractivity contribution in [3.05, 3.63) is 35.4 Å². The zero-order valence-electron chi connectivity index (χ0n) is 8.76. The Hall–Kier alpha value is -0.480. The average molecular weight is 291 g/mol. The van der Waals surface area contributed by atoms with Crippen LogP contribution < -0.4 is 0 Å². The molecule has 2 rings (SSSR count). The van der Waals surface area contributed by atoms with Gasteiger partial charge >= 0.3 is 0 Å². The minimum atomic E-state index is -0.390. The lowest BCUT2D eigenvalue weighted by Gasteiger charge is -2.27. The number of hydrogen-bond donors (Lipinski definition) is 0. The van der Waals surface area contributed by atoms with E-state index in [9.17, 15) is 8.78 Å². The molecule has 1 saturated heterocycles. The van der Waals surface area contributed by atoms with Crippen LogP contribution in [0.1, 0.15) is 12.0 Å². The van der Waals surface area contributed by atoms with Gasteiger partial charge < -0.3 is 4.74 Å². The van der Waals surface area contributed by atoms with Gasteiger partial charge in [0, 0.05) is 11.4 Å². The fraction of sp³-hybridized carbons (Fsp3) is 0.500. The summed E-state index contributed by atoms with van der Waals surface area (Å²) in [5, 5.41) is 0. The predicted octanol–water partition coefficient (Wildman–Crippen LogP) is 3.31. The third-order valence-corrected chi connectivity index (χ3v) is 4.08. The molecule has 1 aromatic rings. The van der Waals surface area contributed by atoms with Crippen molar-refractivity contribution in [2.45, 2.75) is 17.7 Å². The number of alkyl halides is 1. The number of halogens is 3. The summed E-state index contributed by atoms with van der Waals surface area (Å²) >= 11 is 3.56. The summed E-state index contributed by atoms with van der Waals surface area (Å²) in [6.45, 7) is 1.34. The van der Waals surface area contributed by atoms with Crippen LogP contribution in [0.3, 0.4) is 0 Å². The molecular weight excluding hydrogens is 278 g/mol. The molecule has 1 aromatic carbocycles. The number of ether oxygens (including phenoxy) is 1. The summed E-state index contributed by atoms with van der Waals surface area (Å²) in [5.41, 5.74) is 0.431. The molecule has 16 heavy (non-hydrogen) atoms. The van der Waals surface area contributed by atoms with Gasteiger partial charge in [-0.2, -0.15) is 0 Å². The zero-order valence-corrected chi connectivity index (χ0v) is 10.3. The lowest BCUT2D eigenvalue weighted by Crippen LogP contribution is -2.29. The summed E-state index contributed by atoms with van der Waals surface area (Å²) in [6.07, 6.45) is 1.43. The summed E-state index contributed by atoms with van der Waals surface area (Å²) in [4.78, 5) is 0.323. The molecular formula is C12H13BrF2O. The van der Waals surface area contributed by atoms with E-state index in [1.165, 1.54) is 12.1 Å². The zero-order chi connectivity index (χ0) is 11.5. The first-order valence-electron chi connectivity index (χ1n) is 5.32. The van der Waals surface area contributed by atoms with Gasteiger partial charge in [0.05, 0.1) is 6.61 Å². The quantitative estimate of drug-likeness (QED) is 0.760. The summed E-state index contributed by atoms with van der Waals surface area (Å²) < 4.78 is 31.8. The van der Waals surface area contributed by atoms with Crippen LogP contribution in [0.15, 0.2) is 18.2 Å². The number of hydrogen-bond acceptors (Lipinski definition) is 1. The first-order valence-corrected chi connectivity index (χ1v) is 6.24. The second-order valence-corrected chi connectivity index (χ2v) is 5.26. The van der Waals surface area contributed by atoms with Gasteiger partial charge in [0.1, 0.15) is 11.6 Å². The highest BCUT2D eigenvalue weighted by Gasteiger charge is 2.24. The Morgan fingerprint density at radius 1 is 1.38 bits per heavy atom. The minimum Gasteiger partial charge on any atom is -0.381 e. The van der Waals surface area contributed by atoms with Crippen molar-refractivity contribution in [1.82, 2.24) is 0 Å². The molecule has 0 amide bonds. The highest BCUT2D eigenvalue weighted by molar-refractivity contribution is 9.09. The van der Waals surface area contributed by atoms with Crippen LogP contribution in [0.25, 0.3) is 0 Å². The van der Waals surface area contributed by atoms with Crippen molar-refractivity contribution in [2.75, 3.05) is 13.2 Å². The van der Waals surface area contributed by atoms with Crippen molar-refractivity contribution in [2.24, 2.45) is 5.92 Å². The molecule has 0 saturated carbocycles. The van der Waals surface area contributed by atoms with Crippen LogP contribution in [0, 0.1) is 17.6 Å². The topological polar surface area (TPSA) is 9.23 Å². The largest absolute Gasteiger partial charge is 0.381 e. The Balaban J connectivity index is 2.10. The molecule has 0 spiro atoms. The van der Waals surface area contributed by atoms with Crippen LogP contribution in [-0.4, -0.2) is 18.0 Å². The van der Waals surface area contributed by atoms with Crippen molar-refractivity contribution in [1.29, 1.82) is 0 Å². The molecule has 88 valence electrons. The van der Waals surface area contributed by atoms with Crippen LogP contribution >= 0.6 is 15.9 Å². The fourth-order valence-electron chi connectivity index (χ4n) is 1.94. The SMILES string of the molecule is Fc1ccc(F)c(CC2COCCC2Br)c1. The van der Waals surface area contributed by atoms with E-state index in [-0.39, 0.29) is 17.6 Å². The van der Waals surface area contributed by atoms with Crippen LogP contribution in [0.2, 0.25) is 0 Å². The van der Waals surface area contributed by atoms with E-state index in [1.54, 1.807) is 0 Å². The number of benzene rings is 1. The standard InChI is InChI=1S/C12H13BrF2O/c13-11-3-4-16-7-9(11)5-8-6-10(14)1-2-12(8)15/h1-2,6,9,11H,3-5,7H2. The normalized spacial score (nSPS) is 25.7. The summed E-state index contributed by atoms with van der Waals surface area (Å²) in [6, 6.07) is 3.59. The van der Waals surface area contributed by atoms with Crippen LogP contribution in [0.5, 0.6) is 0 Å². The van der Waals surface area contributed by atoms with E-state index < -0.39 is 0 Å². The molecule has 1 heterocycles. The smallest absolute Gasteiger partial charge is 0.126 e. The molecule has 1 nitrogen and oxygen atoms in total. The van der Waals surface area contributed by atoms with Gasteiger partial charge in [-0.3, -0.25) is 0 Å². The van der Waals surface area contributed by atoms with Gasteiger partial charge in [0.25, 0.3) is 0 Å². The van der Waals surface area contributed by atoms with E-state index in [4.69, 9.17) is 4.74 Å². The molecule has 2 unspecified atom stereocenters. The third-order valence-electron chi connectivity index (χ3n) is 2.87. The molecule has 1 aliphatic rings. The second-order valence-electron chi connectivity index (χ2n) is 4.08. The van der Waals surface area contributed by atoms with Gasteiger partial charge in [-0.05, 0) is 42.5 Å². The Morgan fingerprint density at radius 2 is 2.19 bits per heavy atom. The highest BCUT2D eigenvalue weighted by Crippen LogP contribution is 2.26. The van der Waals surface area contributed by atoms with Crippen molar-refractivity contribution in [3.63, 3.8) is 0 Å². The van der Waals surface area contributed by atoms with E-state index >= 15 is 0 Å². The van der Waals surface area contributed by atoms with Gasteiger partial charge in [-0.25, -0.2) is 8.78 Å². The van der Waals surface area contributed by atoms with Crippen LogP contribution in [-0.2, 0) is 11.2 Å². The molecule has 1 fully saturated rings. The minimum absolute atomic E-state index is 0.213. The molecule has 1 aliphatic heterocycles. The maximum atomic E-state index is 13.4. The van der Waals surface area contributed by atoms with Crippen molar-refractivity contribution in [3.8, 4) is 0 Å². The van der Waals surface area contributed by atoms with Gasteiger partial charge in [0.2, 0.25) is 0 Å². The van der Waals surface area contributed by atoms with E-state index in [1.807, 2.05) is 0 Å². The van der Waals surface area contributed by atoms with Crippen molar-refractivity contribution < 1.29 is 13.5 Å². The molecule has 0 radical (unpaired) electrons. The Morgan fingerprint density at radius 3 is 2.94 bits per heavy atom. The maximum Gasteiger partial charge on any atom is 0.126 e.